The molecule has 0 spiro atoms. The Morgan fingerprint density at radius 1 is 1.26 bits per heavy atom. The molecule has 0 aromatic heterocycles. The Bertz CT molecular complexity index is 429. The largest absolute Gasteiger partial charge is 0.492 e. The average molecular weight is 264 g/mol. The van der Waals surface area contributed by atoms with E-state index in [1.54, 1.807) is 43.1 Å². The minimum atomic E-state index is -0.0169. The number of likely N-dealkylation sites (N-methyl/N-ethyl adjacent to an activating group) is 1. The van der Waals surface area contributed by atoms with Crippen LogP contribution in [0.5, 0.6) is 5.75 Å². The summed E-state index contributed by atoms with van der Waals surface area (Å²) in [5, 5.41) is 2.76. The Kier molecular flexibility index (Phi) is 5.85. The molecule has 19 heavy (non-hydrogen) atoms. The number of nitrogens with one attached hydrogen (secondary N) is 1. The summed E-state index contributed by atoms with van der Waals surface area (Å²) in [5.74, 6) is 0.712. The van der Waals surface area contributed by atoms with Crippen molar-refractivity contribution in [1.29, 1.82) is 0 Å². The molecule has 0 saturated heterocycles. The van der Waals surface area contributed by atoms with Gasteiger partial charge < -0.3 is 15.0 Å². The summed E-state index contributed by atoms with van der Waals surface area (Å²) in [5.41, 5.74) is 0.750. The van der Waals surface area contributed by atoms with Crippen molar-refractivity contribution in [3.63, 3.8) is 0 Å². The van der Waals surface area contributed by atoms with Gasteiger partial charge in [-0.1, -0.05) is 6.92 Å². The van der Waals surface area contributed by atoms with Crippen molar-refractivity contribution < 1.29 is 14.3 Å². The molecule has 0 radical (unpaired) electrons. The van der Waals surface area contributed by atoms with E-state index in [1.807, 2.05) is 0 Å². The summed E-state index contributed by atoms with van der Waals surface area (Å²) < 4.78 is 5.51. The van der Waals surface area contributed by atoms with Crippen molar-refractivity contribution >= 4 is 17.5 Å². The fraction of sp³-hybridized carbons (Fsp3) is 0.429. The zero-order valence-corrected chi connectivity index (χ0v) is 11.6. The standard InChI is InChI=1S/C14H20N2O3/c1-4-14(18)15-12-5-7-13(8-6-12)19-10-9-16(3)11(2)17/h5-8H,4,9-10H2,1-3H3,(H,15,18). The summed E-state index contributed by atoms with van der Waals surface area (Å²) in [7, 11) is 1.73. The third kappa shape index (κ3) is 5.42. The number of benzene rings is 1. The number of hydrogen-bond donors (Lipinski definition) is 1. The lowest BCUT2D eigenvalue weighted by molar-refractivity contribution is -0.127. The first-order chi connectivity index (χ1) is 9.02. The Balaban J connectivity index is 2.40. The van der Waals surface area contributed by atoms with Crippen molar-refractivity contribution in [2.24, 2.45) is 0 Å². The first-order valence-electron chi connectivity index (χ1n) is 6.27. The monoisotopic (exact) mass is 264 g/mol. The fourth-order valence-electron chi connectivity index (χ4n) is 1.34. The van der Waals surface area contributed by atoms with Gasteiger partial charge in [-0.25, -0.2) is 0 Å². The third-order valence-electron chi connectivity index (χ3n) is 2.69. The number of anilines is 1. The van der Waals surface area contributed by atoms with Gasteiger partial charge in [0.25, 0.3) is 0 Å². The number of nitrogens with zero attached hydrogens (tertiary/aromatic N) is 1. The quantitative estimate of drug-likeness (QED) is 0.853. The molecule has 0 saturated carbocycles. The highest BCUT2D eigenvalue weighted by Crippen LogP contribution is 2.15. The average Bonchev–Trinajstić information content (AvgIpc) is 2.40. The van der Waals surface area contributed by atoms with E-state index in [9.17, 15) is 9.59 Å². The highest BCUT2D eigenvalue weighted by Gasteiger charge is 2.02. The van der Waals surface area contributed by atoms with Crippen LogP contribution in [-0.2, 0) is 9.59 Å². The molecule has 0 atom stereocenters. The van der Waals surface area contributed by atoms with Crippen molar-refractivity contribution in [3.05, 3.63) is 24.3 Å². The molecular formula is C14H20N2O3. The number of rotatable bonds is 6. The van der Waals surface area contributed by atoms with Gasteiger partial charge in [0.05, 0.1) is 6.54 Å². The Morgan fingerprint density at radius 2 is 1.89 bits per heavy atom. The maximum Gasteiger partial charge on any atom is 0.224 e. The molecule has 1 N–H and O–H groups in total. The van der Waals surface area contributed by atoms with Crippen molar-refractivity contribution in [2.75, 3.05) is 25.5 Å². The number of carbonyl (C=O) groups is 2. The summed E-state index contributed by atoms with van der Waals surface area (Å²) in [6.45, 7) is 4.31. The molecule has 2 amide bonds. The number of carbonyl (C=O) groups excluding carboxylic acids is 2. The predicted octanol–water partition coefficient (Wildman–Crippen LogP) is 1.89. The van der Waals surface area contributed by atoms with Crippen molar-refractivity contribution in [3.8, 4) is 5.75 Å². The van der Waals surface area contributed by atoms with Gasteiger partial charge >= 0.3 is 0 Å². The van der Waals surface area contributed by atoms with Crippen LogP contribution < -0.4 is 10.1 Å². The number of amides is 2. The van der Waals surface area contributed by atoms with Gasteiger partial charge in [0.15, 0.2) is 0 Å². The van der Waals surface area contributed by atoms with E-state index < -0.39 is 0 Å². The second-order valence-electron chi connectivity index (χ2n) is 4.22. The highest BCUT2D eigenvalue weighted by atomic mass is 16.5. The molecule has 0 fully saturated rings. The van der Waals surface area contributed by atoms with Crippen LogP contribution in [-0.4, -0.2) is 36.9 Å². The van der Waals surface area contributed by atoms with Gasteiger partial charge in [0, 0.05) is 26.1 Å². The molecule has 0 bridgehead atoms. The Hall–Kier alpha value is -2.04. The molecule has 0 aliphatic rings. The molecule has 1 aromatic rings. The van der Waals surface area contributed by atoms with Gasteiger partial charge in [0.1, 0.15) is 12.4 Å². The number of hydrogen-bond acceptors (Lipinski definition) is 3. The van der Waals surface area contributed by atoms with Crippen molar-refractivity contribution in [1.82, 2.24) is 4.90 Å². The van der Waals surface area contributed by atoms with Crippen LogP contribution >= 0.6 is 0 Å². The Labute approximate surface area is 113 Å². The first kappa shape index (κ1) is 15.0. The lowest BCUT2D eigenvalue weighted by Crippen LogP contribution is -2.28. The van der Waals surface area contributed by atoms with Gasteiger partial charge in [-0.15, -0.1) is 0 Å². The summed E-state index contributed by atoms with van der Waals surface area (Å²) in [4.78, 5) is 23.8. The molecular weight excluding hydrogens is 244 g/mol. The van der Waals surface area contributed by atoms with Gasteiger partial charge in [-0.2, -0.15) is 0 Å². The van der Waals surface area contributed by atoms with E-state index in [0.29, 0.717) is 25.3 Å². The van der Waals surface area contributed by atoms with E-state index in [4.69, 9.17) is 4.74 Å². The van der Waals surface area contributed by atoms with Crippen LogP contribution in [0.1, 0.15) is 20.3 Å². The zero-order chi connectivity index (χ0) is 14.3. The zero-order valence-electron chi connectivity index (χ0n) is 11.6. The maximum absolute atomic E-state index is 11.2. The van der Waals surface area contributed by atoms with Crippen LogP contribution in [0.4, 0.5) is 5.69 Å². The molecule has 1 aromatic carbocycles. The molecule has 0 unspecified atom stereocenters. The van der Waals surface area contributed by atoms with Gasteiger partial charge in [-0.05, 0) is 24.3 Å². The lowest BCUT2D eigenvalue weighted by Gasteiger charge is -2.15. The molecule has 0 aliphatic heterocycles. The second-order valence-corrected chi connectivity index (χ2v) is 4.22. The smallest absolute Gasteiger partial charge is 0.224 e. The van der Waals surface area contributed by atoms with E-state index in [-0.39, 0.29) is 11.8 Å². The van der Waals surface area contributed by atoms with E-state index >= 15 is 0 Å². The van der Waals surface area contributed by atoms with E-state index in [1.165, 1.54) is 6.92 Å². The van der Waals surface area contributed by atoms with Gasteiger partial charge in [-0.3, -0.25) is 9.59 Å². The Morgan fingerprint density at radius 3 is 2.42 bits per heavy atom. The summed E-state index contributed by atoms with van der Waals surface area (Å²) in [6, 6.07) is 7.16. The second kappa shape index (κ2) is 7.41. The maximum atomic E-state index is 11.2. The predicted molar refractivity (Wildman–Crippen MR) is 74.2 cm³/mol. The SMILES string of the molecule is CCC(=O)Nc1ccc(OCCN(C)C(C)=O)cc1. The van der Waals surface area contributed by atoms with Crippen LogP contribution in [0.3, 0.4) is 0 Å². The molecule has 0 heterocycles. The molecule has 5 heteroatoms. The fourth-order valence-corrected chi connectivity index (χ4v) is 1.34. The summed E-state index contributed by atoms with van der Waals surface area (Å²) >= 11 is 0. The minimum absolute atomic E-state index is 0.0150. The van der Waals surface area contributed by atoms with Crippen LogP contribution in [0.25, 0.3) is 0 Å². The topological polar surface area (TPSA) is 58.6 Å². The number of ether oxygens (including phenoxy) is 1. The van der Waals surface area contributed by atoms with Crippen LogP contribution in [0.2, 0.25) is 0 Å². The van der Waals surface area contributed by atoms with Crippen molar-refractivity contribution in [2.45, 2.75) is 20.3 Å². The highest BCUT2D eigenvalue weighted by molar-refractivity contribution is 5.90. The molecule has 0 aliphatic carbocycles. The van der Waals surface area contributed by atoms with Crippen LogP contribution in [0.15, 0.2) is 24.3 Å². The normalized spacial score (nSPS) is 9.84. The molecule has 1 rings (SSSR count). The van der Waals surface area contributed by atoms with E-state index in [2.05, 4.69) is 5.32 Å². The third-order valence-corrected chi connectivity index (χ3v) is 2.69. The van der Waals surface area contributed by atoms with Gasteiger partial charge in [0.2, 0.25) is 11.8 Å². The molecule has 104 valence electrons. The first-order valence-corrected chi connectivity index (χ1v) is 6.27. The summed E-state index contributed by atoms with van der Waals surface area (Å²) in [6.07, 6.45) is 0.454. The van der Waals surface area contributed by atoms with Crippen LogP contribution in [0, 0.1) is 0 Å². The lowest BCUT2D eigenvalue weighted by atomic mass is 10.3. The molecule has 5 nitrogen and oxygen atoms in total. The van der Waals surface area contributed by atoms with E-state index in [0.717, 1.165) is 5.69 Å². The minimum Gasteiger partial charge on any atom is -0.492 e.